The second-order valence-electron chi connectivity index (χ2n) is 6.06. The van der Waals surface area contributed by atoms with Crippen LogP contribution in [-0.2, 0) is 4.79 Å². The van der Waals surface area contributed by atoms with Gasteiger partial charge in [-0.3, -0.25) is 14.5 Å². The number of hydrogen-bond donors (Lipinski definition) is 1. The van der Waals surface area contributed by atoms with Gasteiger partial charge in [-0.1, -0.05) is 13.8 Å². The fraction of sp³-hybridized carbons (Fsp3) is 0.625. The minimum absolute atomic E-state index is 0.101. The van der Waals surface area contributed by atoms with E-state index in [1.54, 1.807) is 12.1 Å². The fourth-order valence-electron chi connectivity index (χ4n) is 2.63. The summed E-state index contributed by atoms with van der Waals surface area (Å²) in [5.41, 5.74) is 0. The zero-order valence-electron chi connectivity index (χ0n) is 13.4. The first-order valence-electron chi connectivity index (χ1n) is 7.88. The average molecular weight is 307 g/mol. The lowest BCUT2D eigenvalue weighted by atomic mass is 10.2. The molecule has 0 radical (unpaired) electrons. The van der Waals surface area contributed by atoms with Crippen LogP contribution in [0.5, 0.6) is 0 Å². The molecule has 1 fully saturated rings. The maximum atomic E-state index is 12.1. The van der Waals surface area contributed by atoms with Crippen molar-refractivity contribution in [3.8, 4) is 0 Å². The molecule has 1 aliphatic heterocycles. The molecule has 1 aromatic rings. The normalized spacial score (nSPS) is 16.0. The third kappa shape index (κ3) is 4.87. The van der Waals surface area contributed by atoms with Crippen LogP contribution < -0.4 is 5.32 Å². The van der Waals surface area contributed by atoms with Gasteiger partial charge in [0.2, 0.25) is 5.91 Å². The van der Waals surface area contributed by atoms with Gasteiger partial charge in [0, 0.05) is 45.7 Å². The Bertz CT molecular complexity index is 477. The molecule has 2 heterocycles. The number of carbonyl (C=O) groups excluding carboxylic acids is 2. The van der Waals surface area contributed by atoms with Crippen LogP contribution in [0.3, 0.4) is 0 Å². The number of piperazine rings is 1. The van der Waals surface area contributed by atoms with Crippen molar-refractivity contribution in [3.05, 3.63) is 24.2 Å². The second kappa shape index (κ2) is 7.98. The van der Waals surface area contributed by atoms with Crippen molar-refractivity contribution in [1.82, 2.24) is 15.1 Å². The lowest BCUT2D eigenvalue weighted by molar-refractivity contribution is -0.132. The Labute approximate surface area is 131 Å². The van der Waals surface area contributed by atoms with E-state index in [1.807, 2.05) is 4.90 Å². The van der Waals surface area contributed by atoms with Crippen molar-refractivity contribution in [2.75, 3.05) is 39.3 Å². The van der Waals surface area contributed by atoms with E-state index in [0.717, 1.165) is 32.7 Å². The monoisotopic (exact) mass is 307 g/mol. The minimum Gasteiger partial charge on any atom is -0.459 e. The van der Waals surface area contributed by atoms with Gasteiger partial charge >= 0.3 is 0 Å². The van der Waals surface area contributed by atoms with E-state index in [2.05, 4.69) is 24.1 Å². The average Bonchev–Trinajstić information content (AvgIpc) is 3.01. The molecule has 0 aliphatic carbocycles. The lowest BCUT2D eigenvalue weighted by Gasteiger charge is -2.35. The lowest BCUT2D eigenvalue weighted by Crippen LogP contribution is -2.49. The molecule has 1 aliphatic rings. The zero-order chi connectivity index (χ0) is 15.9. The van der Waals surface area contributed by atoms with Crippen LogP contribution in [0.4, 0.5) is 0 Å². The van der Waals surface area contributed by atoms with E-state index in [-0.39, 0.29) is 17.6 Å². The molecule has 0 aromatic carbocycles. The third-order valence-corrected chi connectivity index (χ3v) is 3.72. The van der Waals surface area contributed by atoms with Crippen LogP contribution in [0.2, 0.25) is 0 Å². The molecule has 1 saturated heterocycles. The molecule has 0 unspecified atom stereocenters. The summed E-state index contributed by atoms with van der Waals surface area (Å²) < 4.78 is 5.00. The first kappa shape index (κ1) is 16.5. The van der Waals surface area contributed by atoms with E-state index in [4.69, 9.17) is 4.42 Å². The molecule has 0 bridgehead atoms. The van der Waals surface area contributed by atoms with Crippen LogP contribution in [0.25, 0.3) is 0 Å². The fourth-order valence-corrected chi connectivity index (χ4v) is 2.63. The molecule has 22 heavy (non-hydrogen) atoms. The first-order chi connectivity index (χ1) is 10.6. The van der Waals surface area contributed by atoms with E-state index < -0.39 is 0 Å². The van der Waals surface area contributed by atoms with Gasteiger partial charge in [-0.25, -0.2) is 0 Å². The molecular weight excluding hydrogens is 282 g/mol. The first-order valence-corrected chi connectivity index (χ1v) is 7.88. The van der Waals surface area contributed by atoms with Gasteiger partial charge in [-0.15, -0.1) is 0 Å². The summed E-state index contributed by atoms with van der Waals surface area (Å²) in [5.74, 6) is 0.748. The summed E-state index contributed by atoms with van der Waals surface area (Å²) in [6, 6.07) is 3.27. The molecule has 0 atom stereocenters. The van der Waals surface area contributed by atoms with Crippen molar-refractivity contribution in [2.24, 2.45) is 5.92 Å². The summed E-state index contributed by atoms with van der Waals surface area (Å²) >= 11 is 0. The Balaban J connectivity index is 1.65. The number of carbonyl (C=O) groups is 2. The predicted molar refractivity (Wildman–Crippen MR) is 83.5 cm³/mol. The van der Waals surface area contributed by atoms with Crippen molar-refractivity contribution in [1.29, 1.82) is 0 Å². The number of furan rings is 1. The second-order valence-corrected chi connectivity index (χ2v) is 6.06. The Morgan fingerprint density at radius 2 is 2.00 bits per heavy atom. The molecule has 2 rings (SSSR count). The van der Waals surface area contributed by atoms with Gasteiger partial charge in [0.25, 0.3) is 5.91 Å². The summed E-state index contributed by atoms with van der Waals surface area (Å²) in [6.45, 7) is 9.25. The molecule has 1 N–H and O–H groups in total. The van der Waals surface area contributed by atoms with E-state index >= 15 is 0 Å². The quantitative estimate of drug-likeness (QED) is 0.857. The Kier molecular flexibility index (Phi) is 6.00. The van der Waals surface area contributed by atoms with E-state index in [1.165, 1.54) is 6.26 Å². The van der Waals surface area contributed by atoms with Gasteiger partial charge in [0.15, 0.2) is 5.76 Å². The van der Waals surface area contributed by atoms with Gasteiger partial charge in [-0.05, 0) is 18.1 Å². The summed E-state index contributed by atoms with van der Waals surface area (Å²) in [6.07, 6.45) is 1.79. The van der Waals surface area contributed by atoms with Crippen molar-refractivity contribution in [3.63, 3.8) is 0 Å². The molecule has 1 aromatic heterocycles. The highest BCUT2D eigenvalue weighted by atomic mass is 16.3. The standard InChI is InChI=1S/C16H25N3O3/c1-13(2)12-18-7-9-19(10-8-18)15(20)5-6-17-16(21)14-4-3-11-22-14/h3-4,11,13H,5-10,12H2,1-2H3,(H,17,21). The molecular formula is C16H25N3O3. The smallest absolute Gasteiger partial charge is 0.286 e. The number of nitrogens with zero attached hydrogens (tertiary/aromatic N) is 2. The molecule has 6 heteroatoms. The van der Waals surface area contributed by atoms with Crippen LogP contribution in [0.1, 0.15) is 30.8 Å². The van der Waals surface area contributed by atoms with Gasteiger partial charge in [-0.2, -0.15) is 0 Å². The van der Waals surface area contributed by atoms with Crippen molar-refractivity contribution in [2.45, 2.75) is 20.3 Å². The predicted octanol–water partition coefficient (Wildman–Crippen LogP) is 1.20. The van der Waals surface area contributed by atoms with Gasteiger partial charge < -0.3 is 14.6 Å². The summed E-state index contributed by atoms with van der Waals surface area (Å²) in [5, 5.41) is 2.70. The summed E-state index contributed by atoms with van der Waals surface area (Å²) in [4.78, 5) is 28.1. The molecule has 2 amide bonds. The minimum atomic E-state index is -0.278. The van der Waals surface area contributed by atoms with E-state index in [9.17, 15) is 9.59 Å². The van der Waals surface area contributed by atoms with Crippen molar-refractivity contribution >= 4 is 11.8 Å². The Morgan fingerprint density at radius 3 is 2.59 bits per heavy atom. The van der Waals surface area contributed by atoms with Crippen LogP contribution in [0.15, 0.2) is 22.8 Å². The highest BCUT2D eigenvalue weighted by Crippen LogP contribution is 2.06. The van der Waals surface area contributed by atoms with E-state index in [0.29, 0.717) is 18.9 Å². The largest absolute Gasteiger partial charge is 0.459 e. The Hall–Kier alpha value is -1.82. The molecule has 0 spiro atoms. The van der Waals surface area contributed by atoms with Crippen LogP contribution in [-0.4, -0.2) is 60.9 Å². The number of rotatable bonds is 6. The maximum Gasteiger partial charge on any atom is 0.286 e. The third-order valence-electron chi connectivity index (χ3n) is 3.72. The van der Waals surface area contributed by atoms with Gasteiger partial charge in [0.1, 0.15) is 0 Å². The highest BCUT2D eigenvalue weighted by molar-refractivity contribution is 5.91. The maximum absolute atomic E-state index is 12.1. The molecule has 6 nitrogen and oxygen atoms in total. The van der Waals surface area contributed by atoms with Gasteiger partial charge in [0.05, 0.1) is 6.26 Å². The highest BCUT2D eigenvalue weighted by Gasteiger charge is 2.21. The van der Waals surface area contributed by atoms with Crippen LogP contribution >= 0.6 is 0 Å². The number of nitrogens with one attached hydrogen (secondary N) is 1. The summed E-state index contributed by atoms with van der Waals surface area (Å²) in [7, 11) is 0. The van der Waals surface area contributed by atoms with Crippen molar-refractivity contribution < 1.29 is 14.0 Å². The SMILES string of the molecule is CC(C)CN1CCN(C(=O)CCNC(=O)c2ccco2)CC1. The van der Waals surface area contributed by atoms with Crippen LogP contribution in [0, 0.1) is 5.92 Å². The molecule has 0 saturated carbocycles. The molecule has 122 valence electrons. The number of hydrogen-bond acceptors (Lipinski definition) is 4. The number of amides is 2. The Morgan fingerprint density at radius 1 is 1.27 bits per heavy atom. The topological polar surface area (TPSA) is 65.8 Å². The zero-order valence-corrected chi connectivity index (χ0v) is 13.4.